The molecule has 0 aliphatic carbocycles. The first-order valence-electron chi connectivity index (χ1n) is 7.05. The summed E-state index contributed by atoms with van der Waals surface area (Å²) in [5.74, 6) is 0.772. The van der Waals surface area contributed by atoms with Crippen LogP contribution in [0.3, 0.4) is 0 Å². The lowest BCUT2D eigenvalue weighted by atomic mass is 10.1. The number of carbonyl (C=O) groups excluding carboxylic acids is 1. The molecular weight excluding hydrogens is 242 g/mol. The van der Waals surface area contributed by atoms with Crippen molar-refractivity contribution < 1.29 is 4.79 Å². The summed E-state index contributed by atoms with van der Waals surface area (Å²) in [5.41, 5.74) is 1.36. The predicted molar refractivity (Wildman–Crippen MR) is 77.5 cm³/mol. The molecule has 0 spiro atoms. The third-order valence-electron chi connectivity index (χ3n) is 3.60. The van der Waals surface area contributed by atoms with Gasteiger partial charge in [-0.05, 0) is 43.2 Å². The van der Waals surface area contributed by atoms with Crippen LogP contribution in [0.5, 0.6) is 0 Å². The summed E-state index contributed by atoms with van der Waals surface area (Å²) in [5, 5.41) is 0. The van der Waals surface area contributed by atoms with Crippen molar-refractivity contribution >= 4 is 17.2 Å². The molecule has 1 aliphatic rings. The SMILES string of the molecule is CCc1cc(C(=O)N2CCCCC2)sc1C(C)C. The van der Waals surface area contributed by atoms with Crippen LogP contribution in [0.2, 0.25) is 0 Å². The lowest BCUT2D eigenvalue weighted by molar-refractivity contribution is 0.0729. The number of carbonyl (C=O) groups is 1. The Bertz CT molecular complexity index is 416. The van der Waals surface area contributed by atoms with Gasteiger partial charge < -0.3 is 4.90 Å². The van der Waals surface area contributed by atoms with E-state index in [1.165, 1.54) is 16.9 Å². The van der Waals surface area contributed by atoms with Gasteiger partial charge >= 0.3 is 0 Å². The molecule has 0 atom stereocenters. The maximum absolute atomic E-state index is 12.4. The topological polar surface area (TPSA) is 20.3 Å². The van der Waals surface area contributed by atoms with E-state index in [-0.39, 0.29) is 5.91 Å². The predicted octanol–water partition coefficient (Wildman–Crippen LogP) is 4.06. The van der Waals surface area contributed by atoms with Crippen LogP contribution in [0.25, 0.3) is 0 Å². The second-order valence-corrected chi connectivity index (χ2v) is 6.45. The highest BCUT2D eigenvalue weighted by Crippen LogP contribution is 2.31. The van der Waals surface area contributed by atoms with Gasteiger partial charge in [0.1, 0.15) is 0 Å². The Morgan fingerprint density at radius 2 is 2.00 bits per heavy atom. The first kappa shape index (κ1) is 13.6. The van der Waals surface area contributed by atoms with Crippen LogP contribution >= 0.6 is 11.3 Å². The van der Waals surface area contributed by atoms with Crippen molar-refractivity contribution in [1.82, 2.24) is 4.90 Å². The highest BCUT2D eigenvalue weighted by Gasteiger charge is 2.21. The summed E-state index contributed by atoms with van der Waals surface area (Å²) in [6.07, 6.45) is 4.62. The number of thiophene rings is 1. The Balaban J connectivity index is 2.19. The number of hydrogen-bond donors (Lipinski definition) is 0. The highest BCUT2D eigenvalue weighted by molar-refractivity contribution is 7.14. The van der Waals surface area contributed by atoms with Crippen molar-refractivity contribution in [2.24, 2.45) is 0 Å². The molecule has 1 fully saturated rings. The molecule has 2 heterocycles. The lowest BCUT2D eigenvalue weighted by Gasteiger charge is -2.26. The number of amides is 1. The van der Waals surface area contributed by atoms with Gasteiger partial charge in [0, 0.05) is 18.0 Å². The molecule has 1 saturated heterocycles. The fourth-order valence-corrected chi connectivity index (χ4v) is 3.79. The normalized spacial score (nSPS) is 16.3. The van der Waals surface area contributed by atoms with Gasteiger partial charge in [-0.2, -0.15) is 0 Å². The average molecular weight is 265 g/mol. The van der Waals surface area contributed by atoms with Crippen LogP contribution in [0.1, 0.15) is 66.1 Å². The second-order valence-electron chi connectivity index (χ2n) is 5.36. The molecule has 0 unspecified atom stereocenters. The molecule has 1 aliphatic heterocycles. The molecule has 3 heteroatoms. The molecule has 1 aromatic rings. The third kappa shape index (κ3) is 2.77. The number of piperidine rings is 1. The van der Waals surface area contributed by atoms with Crippen molar-refractivity contribution in [3.05, 3.63) is 21.4 Å². The van der Waals surface area contributed by atoms with Crippen molar-refractivity contribution in [2.45, 2.75) is 52.4 Å². The third-order valence-corrected chi connectivity index (χ3v) is 5.07. The molecule has 18 heavy (non-hydrogen) atoms. The minimum atomic E-state index is 0.251. The largest absolute Gasteiger partial charge is 0.338 e. The first-order chi connectivity index (χ1) is 8.63. The fourth-order valence-electron chi connectivity index (χ4n) is 2.57. The summed E-state index contributed by atoms with van der Waals surface area (Å²) in [7, 11) is 0. The van der Waals surface area contributed by atoms with Crippen LogP contribution in [0, 0.1) is 0 Å². The van der Waals surface area contributed by atoms with Crippen LogP contribution in [-0.4, -0.2) is 23.9 Å². The van der Waals surface area contributed by atoms with Gasteiger partial charge in [0.2, 0.25) is 0 Å². The summed E-state index contributed by atoms with van der Waals surface area (Å²) >= 11 is 1.70. The van der Waals surface area contributed by atoms with Gasteiger partial charge in [-0.25, -0.2) is 0 Å². The zero-order valence-corrected chi connectivity index (χ0v) is 12.5. The summed E-state index contributed by atoms with van der Waals surface area (Å²) < 4.78 is 0. The molecule has 1 aromatic heterocycles. The molecule has 100 valence electrons. The van der Waals surface area contributed by atoms with Gasteiger partial charge in [-0.3, -0.25) is 4.79 Å². The lowest BCUT2D eigenvalue weighted by Crippen LogP contribution is -2.35. The Hall–Kier alpha value is -0.830. The Morgan fingerprint density at radius 1 is 1.33 bits per heavy atom. The van der Waals surface area contributed by atoms with E-state index >= 15 is 0 Å². The van der Waals surface area contributed by atoms with Crippen molar-refractivity contribution in [3.8, 4) is 0 Å². The molecule has 0 bridgehead atoms. The molecule has 2 nitrogen and oxygen atoms in total. The van der Waals surface area contributed by atoms with Crippen molar-refractivity contribution in [2.75, 3.05) is 13.1 Å². The summed E-state index contributed by atoms with van der Waals surface area (Å²) in [4.78, 5) is 16.8. The van der Waals surface area contributed by atoms with Gasteiger partial charge in [0.15, 0.2) is 0 Å². The number of rotatable bonds is 3. The van der Waals surface area contributed by atoms with E-state index in [1.807, 2.05) is 4.90 Å². The summed E-state index contributed by atoms with van der Waals surface area (Å²) in [6, 6.07) is 2.12. The number of likely N-dealkylation sites (tertiary alicyclic amines) is 1. The Kier molecular flexibility index (Phi) is 4.44. The van der Waals surface area contributed by atoms with Crippen LogP contribution in [-0.2, 0) is 6.42 Å². The van der Waals surface area contributed by atoms with E-state index in [0.717, 1.165) is 37.2 Å². The van der Waals surface area contributed by atoms with E-state index in [2.05, 4.69) is 26.8 Å². The van der Waals surface area contributed by atoms with Crippen LogP contribution in [0.15, 0.2) is 6.07 Å². The van der Waals surface area contributed by atoms with E-state index in [4.69, 9.17) is 0 Å². The monoisotopic (exact) mass is 265 g/mol. The van der Waals surface area contributed by atoms with E-state index in [1.54, 1.807) is 11.3 Å². The molecule has 0 aromatic carbocycles. The highest BCUT2D eigenvalue weighted by atomic mass is 32.1. The fraction of sp³-hybridized carbons (Fsp3) is 0.667. The zero-order valence-electron chi connectivity index (χ0n) is 11.7. The first-order valence-corrected chi connectivity index (χ1v) is 7.87. The molecule has 2 rings (SSSR count). The molecule has 0 radical (unpaired) electrons. The summed E-state index contributed by atoms with van der Waals surface area (Å²) in [6.45, 7) is 8.47. The van der Waals surface area contributed by atoms with E-state index < -0.39 is 0 Å². The maximum Gasteiger partial charge on any atom is 0.263 e. The number of nitrogens with zero attached hydrogens (tertiary/aromatic N) is 1. The Morgan fingerprint density at radius 3 is 2.50 bits per heavy atom. The van der Waals surface area contributed by atoms with Gasteiger partial charge in [-0.1, -0.05) is 20.8 Å². The quantitative estimate of drug-likeness (QED) is 0.807. The maximum atomic E-state index is 12.4. The number of aryl methyl sites for hydroxylation is 1. The van der Waals surface area contributed by atoms with Crippen molar-refractivity contribution in [1.29, 1.82) is 0 Å². The number of hydrogen-bond acceptors (Lipinski definition) is 2. The van der Waals surface area contributed by atoms with E-state index in [9.17, 15) is 4.79 Å². The minimum Gasteiger partial charge on any atom is -0.338 e. The average Bonchev–Trinajstić information content (AvgIpc) is 2.83. The zero-order chi connectivity index (χ0) is 13.1. The molecule has 0 N–H and O–H groups in total. The molecular formula is C15H23NOS. The second kappa shape index (κ2) is 5.87. The van der Waals surface area contributed by atoms with Crippen LogP contribution in [0.4, 0.5) is 0 Å². The van der Waals surface area contributed by atoms with Crippen molar-refractivity contribution in [3.63, 3.8) is 0 Å². The Labute approximate surface area is 114 Å². The minimum absolute atomic E-state index is 0.251. The standard InChI is InChI=1S/C15H23NOS/c1-4-12-10-13(18-14(12)11(2)3)15(17)16-8-6-5-7-9-16/h10-11H,4-9H2,1-3H3. The van der Waals surface area contributed by atoms with Gasteiger partial charge in [-0.15, -0.1) is 11.3 Å². The molecule has 1 amide bonds. The molecule has 0 saturated carbocycles. The smallest absolute Gasteiger partial charge is 0.263 e. The van der Waals surface area contributed by atoms with Gasteiger partial charge in [0.25, 0.3) is 5.91 Å². The van der Waals surface area contributed by atoms with E-state index in [0.29, 0.717) is 5.92 Å². The van der Waals surface area contributed by atoms with Crippen LogP contribution < -0.4 is 0 Å². The van der Waals surface area contributed by atoms with Gasteiger partial charge in [0.05, 0.1) is 4.88 Å².